The van der Waals surface area contributed by atoms with Gasteiger partial charge in [0.1, 0.15) is 5.75 Å². The van der Waals surface area contributed by atoms with E-state index in [9.17, 15) is 0 Å². The molecule has 16 heavy (non-hydrogen) atoms. The van der Waals surface area contributed by atoms with Gasteiger partial charge in [-0.2, -0.15) is 0 Å². The molecule has 0 aliphatic rings. The van der Waals surface area contributed by atoms with Crippen LogP contribution in [0.25, 0.3) is 0 Å². The first kappa shape index (κ1) is 13.3. The molecule has 0 unspecified atom stereocenters. The summed E-state index contributed by atoms with van der Waals surface area (Å²) in [6.07, 6.45) is 7.24. The molecule has 0 atom stereocenters. The average molecular weight is 233 g/mol. The summed E-state index contributed by atoms with van der Waals surface area (Å²) in [7, 11) is 3.15. The van der Waals surface area contributed by atoms with E-state index in [4.69, 9.17) is 4.43 Å². The van der Waals surface area contributed by atoms with Gasteiger partial charge >= 0.3 is 10.5 Å². The summed E-state index contributed by atoms with van der Waals surface area (Å²) in [5.41, 5.74) is 2.83. The van der Waals surface area contributed by atoms with Crippen LogP contribution in [0.4, 0.5) is 0 Å². The summed E-state index contributed by atoms with van der Waals surface area (Å²) < 4.78 is 5.27. The first-order chi connectivity index (χ1) is 7.83. The molecule has 1 aromatic carbocycles. The molecule has 1 nitrogen and oxygen atoms in total. The largest absolute Gasteiger partial charge is 0.540 e. The Hall–Kier alpha value is -0.763. The van der Waals surface area contributed by atoms with Gasteiger partial charge < -0.3 is 4.43 Å². The van der Waals surface area contributed by atoms with Crippen molar-refractivity contribution in [3.63, 3.8) is 0 Å². The molecule has 3 radical (unpaired) electrons. The van der Waals surface area contributed by atoms with E-state index >= 15 is 0 Å². The third-order valence-electron chi connectivity index (χ3n) is 2.92. The van der Waals surface area contributed by atoms with Crippen LogP contribution in [0.5, 0.6) is 5.75 Å². The van der Waals surface area contributed by atoms with Crippen LogP contribution in [0.2, 0.25) is 0 Å². The Balaban J connectivity index is 2.86. The summed E-state index contributed by atoms with van der Waals surface area (Å²) in [6, 6.07) is 6.35. The van der Waals surface area contributed by atoms with E-state index in [2.05, 4.69) is 36.5 Å². The summed E-state index contributed by atoms with van der Waals surface area (Å²) in [5.74, 6) is 0.985. The lowest BCUT2D eigenvalue weighted by atomic mass is 9.97. The maximum Gasteiger partial charge on any atom is 0.341 e. The highest BCUT2D eigenvalue weighted by Crippen LogP contribution is 2.25. The average Bonchev–Trinajstić information content (AvgIpc) is 2.33. The molecule has 0 amide bonds. The molecule has 0 heterocycles. The monoisotopic (exact) mass is 233 g/mol. The quantitative estimate of drug-likeness (QED) is 0.650. The Morgan fingerprint density at radius 3 is 2.38 bits per heavy atom. The van der Waals surface area contributed by atoms with Crippen molar-refractivity contribution >= 4 is 10.5 Å². The van der Waals surface area contributed by atoms with Crippen molar-refractivity contribution in [1.82, 2.24) is 0 Å². The van der Waals surface area contributed by atoms with E-state index in [1.807, 2.05) is 6.07 Å². The van der Waals surface area contributed by atoms with Crippen LogP contribution in [-0.2, 0) is 12.8 Å². The van der Waals surface area contributed by atoms with Gasteiger partial charge in [-0.25, -0.2) is 0 Å². The Bertz CT molecular complexity index is 310. The smallest absolute Gasteiger partial charge is 0.341 e. The normalized spacial score (nSPS) is 10.4. The van der Waals surface area contributed by atoms with Crippen molar-refractivity contribution < 1.29 is 4.43 Å². The summed E-state index contributed by atoms with van der Waals surface area (Å²) in [5, 5.41) is 0. The first-order valence-electron chi connectivity index (χ1n) is 6.27. The van der Waals surface area contributed by atoms with E-state index in [-0.39, 0.29) is 0 Å². The van der Waals surface area contributed by atoms with E-state index in [0.29, 0.717) is 0 Å². The molecule has 0 aromatic heterocycles. The molecule has 0 spiro atoms. The van der Waals surface area contributed by atoms with Crippen LogP contribution in [-0.4, -0.2) is 10.5 Å². The van der Waals surface area contributed by atoms with Gasteiger partial charge in [-0.1, -0.05) is 38.8 Å². The number of benzene rings is 1. The maximum absolute atomic E-state index is 5.27. The van der Waals surface area contributed by atoms with E-state index in [1.165, 1.54) is 43.2 Å². The van der Waals surface area contributed by atoms with Crippen molar-refractivity contribution in [1.29, 1.82) is 0 Å². The standard InChI is InChI=1S/C14H21OSi/c1-3-5-8-12-9-7-11-14(15-16)13(12)10-6-4-2/h7,9,11H,3-6,8,10H2,1-2H3. The second-order valence-corrected chi connectivity index (χ2v) is 4.41. The molecule has 2 heteroatoms. The molecule has 1 rings (SSSR count). The molecule has 0 fully saturated rings. The van der Waals surface area contributed by atoms with E-state index < -0.39 is 0 Å². The fourth-order valence-corrected chi connectivity index (χ4v) is 2.14. The van der Waals surface area contributed by atoms with Crippen molar-refractivity contribution in [3.8, 4) is 5.75 Å². The second kappa shape index (κ2) is 7.50. The van der Waals surface area contributed by atoms with Crippen LogP contribution in [0.3, 0.4) is 0 Å². The summed E-state index contributed by atoms with van der Waals surface area (Å²) >= 11 is 0. The lowest BCUT2D eigenvalue weighted by molar-refractivity contribution is 0.596. The number of hydrogen-bond acceptors (Lipinski definition) is 1. The molecule has 0 aliphatic heterocycles. The molecular weight excluding hydrogens is 212 g/mol. The van der Waals surface area contributed by atoms with Gasteiger partial charge in [0.05, 0.1) is 0 Å². The zero-order chi connectivity index (χ0) is 11.8. The zero-order valence-electron chi connectivity index (χ0n) is 10.4. The van der Waals surface area contributed by atoms with Crippen molar-refractivity contribution in [3.05, 3.63) is 29.3 Å². The summed E-state index contributed by atoms with van der Waals surface area (Å²) in [6.45, 7) is 4.46. The van der Waals surface area contributed by atoms with Gasteiger partial charge in [-0.05, 0) is 42.9 Å². The molecule has 0 N–H and O–H groups in total. The van der Waals surface area contributed by atoms with E-state index in [0.717, 1.165) is 12.2 Å². The van der Waals surface area contributed by atoms with Crippen molar-refractivity contribution in [2.75, 3.05) is 0 Å². The lowest BCUT2D eigenvalue weighted by Gasteiger charge is -2.13. The maximum atomic E-state index is 5.27. The minimum absolute atomic E-state index is 0.985. The number of aryl methyl sites for hydroxylation is 1. The molecule has 0 bridgehead atoms. The molecule has 0 saturated carbocycles. The SMILES string of the molecule is CCCCc1cccc(O[Si])c1CCCC. The highest BCUT2D eigenvalue weighted by molar-refractivity contribution is 6.00. The second-order valence-electron chi connectivity index (χ2n) is 4.20. The predicted octanol–water partition coefficient (Wildman–Crippen LogP) is 3.83. The minimum Gasteiger partial charge on any atom is -0.540 e. The van der Waals surface area contributed by atoms with Gasteiger partial charge in [-0.15, -0.1) is 0 Å². The van der Waals surface area contributed by atoms with Gasteiger partial charge in [0, 0.05) is 0 Å². The van der Waals surface area contributed by atoms with Crippen LogP contribution >= 0.6 is 0 Å². The molecular formula is C14H21OSi. The van der Waals surface area contributed by atoms with Gasteiger partial charge in [0.15, 0.2) is 0 Å². The molecule has 87 valence electrons. The lowest BCUT2D eigenvalue weighted by Crippen LogP contribution is -1.99. The highest BCUT2D eigenvalue weighted by atomic mass is 28.2. The number of hydrogen-bond donors (Lipinski definition) is 0. The first-order valence-corrected chi connectivity index (χ1v) is 6.68. The van der Waals surface area contributed by atoms with Crippen LogP contribution in [0.15, 0.2) is 18.2 Å². The van der Waals surface area contributed by atoms with Gasteiger partial charge in [-0.3, -0.25) is 0 Å². The van der Waals surface area contributed by atoms with Gasteiger partial charge in [0.25, 0.3) is 0 Å². The summed E-state index contributed by atoms with van der Waals surface area (Å²) in [4.78, 5) is 0. The number of rotatable bonds is 7. The fourth-order valence-electron chi connectivity index (χ4n) is 1.95. The van der Waals surface area contributed by atoms with Crippen LogP contribution in [0.1, 0.15) is 50.7 Å². The molecule has 1 aromatic rings. The molecule has 0 saturated heterocycles. The predicted molar refractivity (Wildman–Crippen MR) is 70.0 cm³/mol. The highest BCUT2D eigenvalue weighted by Gasteiger charge is 2.07. The zero-order valence-corrected chi connectivity index (χ0v) is 11.4. The Morgan fingerprint density at radius 2 is 1.75 bits per heavy atom. The van der Waals surface area contributed by atoms with Crippen LogP contribution in [0, 0.1) is 0 Å². The Labute approximate surface area is 103 Å². The Kier molecular flexibility index (Phi) is 6.24. The minimum atomic E-state index is 0.985. The molecule has 0 aliphatic carbocycles. The van der Waals surface area contributed by atoms with Gasteiger partial charge in [0.2, 0.25) is 0 Å². The fraction of sp³-hybridized carbons (Fsp3) is 0.571. The third kappa shape index (κ3) is 3.67. The topological polar surface area (TPSA) is 9.23 Å². The Morgan fingerprint density at radius 1 is 1.06 bits per heavy atom. The van der Waals surface area contributed by atoms with Crippen molar-refractivity contribution in [2.24, 2.45) is 0 Å². The van der Waals surface area contributed by atoms with Crippen LogP contribution < -0.4 is 4.43 Å². The number of unbranched alkanes of at least 4 members (excludes halogenated alkanes) is 2. The van der Waals surface area contributed by atoms with E-state index in [1.54, 1.807) is 0 Å². The third-order valence-corrected chi connectivity index (χ3v) is 3.14. The van der Waals surface area contributed by atoms with Crippen molar-refractivity contribution in [2.45, 2.75) is 52.4 Å².